The molecule has 96 valence electrons. The molecule has 0 spiro atoms. The van der Waals surface area contributed by atoms with Gasteiger partial charge in [-0.25, -0.2) is 8.78 Å². The van der Waals surface area contributed by atoms with Gasteiger partial charge < -0.3 is 4.74 Å². The van der Waals surface area contributed by atoms with Crippen LogP contribution in [-0.4, -0.2) is 25.1 Å². The lowest BCUT2D eigenvalue weighted by Crippen LogP contribution is -2.37. The smallest absolute Gasteiger partial charge is 0.308 e. The zero-order valence-electron chi connectivity index (χ0n) is 7.09. The molecule has 0 aromatic heterocycles. The Kier molecular flexibility index (Phi) is 4.65. The van der Waals surface area contributed by atoms with Gasteiger partial charge in [-0.2, -0.15) is 30.7 Å². The van der Waals surface area contributed by atoms with Gasteiger partial charge in [-0.3, -0.25) is 0 Å². The van der Waals surface area contributed by atoms with Crippen molar-refractivity contribution in [2.45, 2.75) is 18.5 Å². The molecule has 0 rings (SSSR count). The minimum atomic E-state index is -5.38. The normalized spacial score (nSPS) is 13.1. The molecule has 0 unspecified atom stereocenters. The molecule has 0 amide bonds. The van der Waals surface area contributed by atoms with Gasteiger partial charge in [-0.05, 0) is 0 Å². The molecule has 0 heterocycles. The van der Waals surface area contributed by atoms with Gasteiger partial charge in [-0.15, -0.1) is 0 Å². The predicted molar refractivity (Wildman–Crippen MR) is 32.2 cm³/mol. The van der Waals surface area contributed by atoms with Crippen LogP contribution in [0.2, 0.25) is 0 Å². The maximum absolute atomic E-state index is 12.1. The second kappa shape index (κ2) is 4.93. The van der Waals surface area contributed by atoms with E-state index in [4.69, 9.17) is 0 Å². The summed E-state index contributed by atoms with van der Waals surface area (Å²) >= 11 is 0. The molecule has 16 heavy (non-hydrogen) atoms. The topological polar surface area (TPSA) is 9.23 Å². The Labute approximate surface area is 82.5 Å². The fourth-order valence-electron chi connectivity index (χ4n) is 0.423. The van der Waals surface area contributed by atoms with Gasteiger partial charge in [0.05, 0.1) is 0 Å². The van der Waals surface area contributed by atoms with Crippen LogP contribution in [0.3, 0.4) is 0 Å². The molecule has 0 N–H and O–H groups in total. The zero-order valence-corrected chi connectivity index (χ0v) is 7.09. The minimum Gasteiger partial charge on any atom is -0.308 e. The van der Waals surface area contributed by atoms with E-state index in [9.17, 15) is 39.5 Å². The lowest BCUT2D eigenvalue weighted by Gasteiger charge is -2.19. The van der Waals surface area contributed by atoms with Crippen LogP contribution in [0.25, 0.3) is 0 Å². The third kappa shape index (κ3) is 3.91. The Morgan fingerprint density at radius 2 is 1.44 bits per heavy atom. The van der Waals surface area contributed by atoms with Gasteiger partial charge in [0.2, 0.25) is 0 Å². The highest BCUT2D eigenvalue weighted by Gasteiger charge is 2.48. The van der Waals surface area contributed by atoms with Crippen LogP contribution in [0, 0.1) is 0 Å². The van der Waals surface area contributed by atoms with E-state index in [1.165, 1.54) is 0 Å². The van der Waals surface area contributed by atoms with Crippen LogP contribution < -0.4 is 0 Å². The van der Waals surface area contributed by atoms with Crippen molar-refractivity contribution in [2.24, 2.45) is 0 Å². The molecule has 10 heteroatoms. The summed E-state index contributed by atoms with van der Waals surface area (Å²) < 4.78 is 108. The quantitative estimate of drug-likeness (QED) is 0.688. The molecular formula is C6H3F9O. The van der Waals surface area contributed by atoms with Gasteiger partial charge in [0.1, 0.15) is 6.61 Å². The third-order valence-corrected chi connectivity index (χ3v) is 1.19. The SMILES string of the molecule is FC(F)=C(F)C(F)(F)OCC(F)(F)C(F)F. The number of alkyl halides is 6. The van der Waals surface area contributed by atoms with Crippen molar-refractivity contribution < 1.29 is 44.3 Å². The second-order valence-electron chi connectivity index (χ2n) is 2.44. The maximum atomic E-state index is 12.1. The Morgan fingerprint density at radius 1 is 1.00 bits per heavy atom. The Morgan fingerprint density at radius 3 is 1.75 bits per heavy atom. The molecule has 0 aliphatic heterocycles. The van der Waals surface area contributed by atoms with Crippen molar-refractivity contribution in [3.05, 3.63) is 11.9 Å². The number of rotatable bonds is 5. The molecule has 0 aliphatic rings. The van der Waals surface area contributed by atoms with E-state index in [-0.39, 0.29) is 0 Å². The van der Waals surface area contributed by atoms with E-state index >= 15 is 0 Å². The van der Waals surface area contributed by atoms with Gasteiger partial charge in [0.15, 0.2) is 0 Å². The number of ether oxygens (including phenoxy) is 1. The van der Waals surface area contributed by atoms with Gasteiger partial charge in [0.25, 0.3) is 5.83 Å². The highest BCUT2D eigenvalue weighted by Crippen LogP contribution is 2.33. The van der Waals surface area contributed by atoms with Crippen molar-refractivity contribution in [3.63, 3.8) is 0 Å². The average Bonchev–Trinajstić information content (AvgIpc) is 2.13. The predicted octanol–water partition coefficient (Wildman–Crippen LogP) is 3.57. The van der Waals surface area contributed by atoms with Crippen LogP contribution >= 0.6 is 0 Å². The summed E-state index contributed by atoms with van der Waals surface area (Å²) in [6.07, 6.45) is -13.2. The summed E-state index contributed by atoms with van der Waals surface area (Å²) in [6, 6.07) is 0. The van der Waals surface area contributed by atoms with Crippen LogP contribution in [0.5, 0.6) is 0 Å². The summed E-state index contributed by atoms with van der Waals surface area (Å²) in [5.41, 5.74) is 0. The summed E-state index contributed by atoms with van der Waals surface area (Å²) in [5, 5.41) is 0. The van der Waals surface area contributed by atoms with E-state index in [2.05, 4.69) is 4.74 Å². The first-order valence-corrected chi connectivity index (χ1v) is 3.39. The standard InChI is InChI=1S/C6H3F9O/c7-2(3(8)9)6(14,15)16-1-5(12,13)4(10)11/h4H,1H2. The lowest BCUT2D eigenvalue weighted by atomic mass is 10.4. The van der Waals surface area contributed by atoms with E-state index in [0.29, 0.717) is 0 Å². The number of halogens is 9. The number of hydrogen-bond donors (Lipinski definition) is 0. The molecule has 0 fully saturated rings. The maximum Gasteiger partial charge on any atom is 0.415 e. The fraction of sp³-hybridized carbons (Fsp3) is 0.667. The highest BCUT2D eigenvalue weighted by atomic mass is 19.3. The van der Waals surface area contributed by atoms with E-state index < -0.39 is 37.0 Å². The van der Waals surface area contributed by atoms with Gasteiger partial charge in [-0.1, -0.05) is 0 Å². The molecule has 0 bridgehead atoms. The molecule has 0 saturated heterocycles. The monoisotopic (exact) mass is 262 g/mol. The average molecular weight is 262 g/mol. The van der Waals surface area contributed by atoms with Crippen LogP contribution in [0.15, 0.2) is 11.9 Å². The molecule has 0 saturated carbocycles. The first-order chi connectivity index (χ1) is 7.00. The highest BCUT2D eigenvalue weighted by molar-refractivity contribution is 4.99. The molecule has 0 atom stereocenters. The first-order valence-electron chi connectivity index (χ1n) is 3.39. The van der Waals surface area contributed by atoms with E-state index in [0.717, 1.165) is 0 Å². The summed E-state index contributed by atoms with van der Waals surface area (Å²) in [7, 11) is 0. The van der Waals surface area contributed by atoms with Crippen LogP contribution in [0.1, 0.15) is 0 Å². The summed E-state index contributed by atoms with van der Waals surface area (Å²) in [4.78, 5) is 0. The molecule has 0 aliphatic carbocycles. The van der Waals surface area contributed by atoms with E-state index in [1.54, 1.807) is 0 Å². The van der Waals surface area contributed by atoms with Crippen LogP contribution in [0.4, 0.5) is 39.5 Å². The third-order valence-electron chi connectivity index (χ3n) is 1.19. The number of hydrogen-bond acceptors (Lipinski definition) is 1. The van der Waals surface area contributed by atoms with Gasteiger partial charge in [0, 0.05) is 0 Å². The van der Waals surface area contributed by atoms with E-state index in [1.807, 2.05) is 0 Å². The fourth-order valence-corrected chi connectivity index (χ4v) is 0.423. The second-order valence-corrected chi connectivity index (χ2v) is 2.44. The lowest BCUT2D eigenvalue weighted by molar-refractivity contribution is -0.269. The largest absolute Gasteiger partial charge is 0.415 e. The van der Waals surface area contributed by atoms with Crippen molar-refractivity contribution in [1.29, 1.82) is 0 Å². The van der Waals surface area contributed by atoms with Gasteiger partial charge >= 0.3 is 24.5 Å². The molecule has 0 radical (unpaired) electrons. The van der Waals surface area contributed by atoms with Crippen LogP contribution in [-0.2, 0) is 4.74 Å². The first kappa shape index (κ1) is 15.1. The Bertz CT molecular complexity index is 267. The Hall–Kier alpha value is -0.930. The van der Waals surface area contributed by atoms with Crippen molar-refractivity contribution >= 4 is 0 Å². The summed E-state index contributed by atoms with van der Waals surface area (Å²) in [5.74, 6) is -8.39. The van der Waals surface area contributed by atoms with Crippen molar-refractivity contribution in [3.8, 4) is 0 Å². The zero-order chi connectivity index (χ0) is 13.1. The molecule has 0 aromatic rings. The van der Waals surface area contributed by atoms with Crippen molar-refractivity contribution in [2.75, 3.05) is 6.61 Å². The molecular weight excluding hydrogens is 259 g/mol. The Balaban J connectivity index is 4.59. The molecule has 0 aromatic carbocycles. The summed E-state index contributed by atoms with van der Waals surface area (Å²) in [6.45, 7) is -2.60. The minimum absolute atomic E-state index is 2.60. The van der Waals surface area contributed by atoms with Crippen molar-refractivity contribution in [1.82, 2.24) is 0 Å². The molecule has 1 nitrogen and oxygen atoms in total.